The van der Waals surface area contributed by atoms with Crippen LogP contribution in [-0.2, 0) is 27.9 Å². The zero-order chi connectivity index (χ0) is 25.8. The summed E-state index contributed by atoms with van der Waals surface area (Å²) in [5.74, 6) is 0.797. The van der Waals surface area contributed by atoms with Crippen LogP contribution in [-0.4, -0.2) is 44.0 Å². The Morgan fingerprint density at radius 1 is 1.20 bits per heavy atom. The largest absolute Gasteiger partial charge is 0.496 e. The van der Waals surface area contributed by atoms with E-state index in [0.717, 1.165) is 11.1 Å². The molecule has 0 radical (unpaired) electrons. The standard InChI is InChI=1S/C25H31ClN4O4S/c1-17-10-11-22(34-4)19(15-17)16-29(3)25(31)21(12-14-30-13-6-9-23(30)27)28-35(32,33)24-18(2)7-5-8-20(24)26/h5-11,13,15,21,28H,12,14,16,27H2,1-4H3. The van der Waals surface area contributed by atoms with E-state index in [4.69, 9.17) is 22.1 Å². The number of ether oxygens (including phenoxy) is 1. The smallest absolute Gasteiger partial charge is 0.243 e. The van der Waals surface area contributed by atoms with Gasteiger partial charge in [-0.3, -0.25) is 4.79 Å². The quantitative estimate of drug-likeness (QED) is 0.425. The Morgan fingerprint density at radius 3 is 2.57 bits per heavy atom. The third-order valence-corrected chi connectivity index (χ3v) is 7.87. The van der Waals surface area contributed by atoms with Crippen molar-refractivity contribution in [1.29, 1.82) is 0 Å². The molecule has 0 aliphatic heterocycles. The molecule has 3 aromatic rings. The minimum absolute atomic E-state index is 0.0389. The number of nitrogens with zero attached hydrogens (tertiary/aromatic N) is 2. The van der Waals surface area contributed by atoms with Crippen molar-refractivity contribution in [2.75, 3.05) is 19.9 Å². The molecule has 0 spiro atoms. The highest BCUT2D eigenvalue weighted by molar-refractivity contribution is 7.89. The lowest BCUT2D eigenvalue weighted by atomic mass is 10.1. The predicted octanol–water partition coefficient (Wildman–Crippen LogP) is 3.74. The number of likely N-dealkylation sites (N-methyl/N-ethyl adjacent to an activating group) is 1. The number of halogens is 1. The number of methoxy groups -OCH3 is 1. The second kappa shape index (κ2) is 11.2. The minimum atomic E-state index is -4.09. The number of sulfonamides is 1. The van der Waals surface area contributed by atoms with E-state index in [9.17, 15) is 13.2 Å². The molecule has 0 aliphatic rings. The Kier molecular flexibility index (Phi) is 8.47. The van der Waals surface area contributed by atoms with E-state index in [1.807, 2.05) is 25.1 Å². The number of benzene rings is 2. The average molecular weight is 519 g/mol. The van der Waals surface area contributed by atoms with Crippen LogP contribution >= 0.6 is 11.6 Å². The van der Waals surface area contributed by atoms with Gasteiger partial charge in [0.25, 0.3) is 0 Å². The molecule has 188 valence electrons. The van der Waals surface area contributed by atoms with Crippen LogP contribution in [0.25, 0.3) is 0 Å². The zero-order valence-electron chi connectivity index (χ0n) is 20.3. The molecule has 3 N–H and O–H groups in total. The summed E-state index contributed by atoms with van der Waals surface area (Å²) in [4.78, 5) is 15.0. The fourth-order valence-electron chi connectivity index (χ4n) is 3.97. The zero-order valence-corrected chi connectivity index (χ0v) is 21.9. The number of nitrogens with one attached hydrogen (secondary N) is 1. The van der Waals surface area contributed by atoms with Gasteiger partial charge in [-0.1, -0.05) is 41.4 Å². The van der Waals surface area contributed by atoms with E-state index in [0.29, 0.717) is 23.7 Å². The van der Waals surface area contributed by atoms with Gasteiger partial charge in [-0.25, -0.2) is 8.42 Å². The lowest BCUT2D eigenvalue weighted by Gasteiger charge is -2.26. The van der Waals surface area contributed by atoms with Crippen molar-refractivity contribution >= 4 is 33.3 Å². The van der Waals surface area contributed by atoms with Crippen LogP contribution in [0, 0.1) is 13.8 Å². The Balaban J connectivity index is 1.89. The van der Waals surface area contributed by atoms with E-state index >= 15 is 0 Å². The number of carbonyl (C=O) groups is 1. The lowest BCUT2D eigenvalue weighted by molar-refractivity contribution is -0.132. The van der Waals surface area contributed by atoms with E-state index in [2.05, 4.69) is 4.72 Å². The maximum Gasteiger partial charge on any atom is 0.243 e. The van der Waals surface area contributed by atoms with E-state index in [1.54, 1.807) is 56.1 Å². The first-order valence-corrected chi connectivity index (χ1v) is 13.0. The second-order valence-electron chi connectivity index (χ2n) is 8.48. The molecule has 0 saturated heterocycles. The summed E-state index contributed by atoms with van der Waals surface area (Å²) in [6.07, 6.45) is 1.97. The number of hydrogen-bond acceptors (Lipinski definition) is 5. The van der Waals surface area contributed by atoms with Crippen LogP contribution in [0.2, 0.25) is 5.02 Å². The molecule has 1 heterocycles. The molecule has 1 aromatic heterocycles. The molecule has 0 bridgehead atoms. The molecule has 1 amide bonds. The number of amides is 1. The highest BCUT2D eigenvalue weighted by atomic mass is 35.5. The highest BCUT2D eigenvalue weighted by Gasteiger charge is 2.30. The van der Waals surface area contributed by atoms with E-state index in [-0.39, 0.29) is 28.8 Å². The summed E-state index contributed by atoms with van der Waals surface area (Å²) in [7, 11) is -0.883. The first kappa shape index (κ1) is 26.6. The summed E-state index contributed by atoms with van der Waals surface area (Å²) >= 11 is 6.23. The third-order valence-electron chi connectivity index (χ3n) is 5.77. The number of hydrogen-bond donors (Lipinski definition) is 2. The van der Waals surface area contributed by atoms with Crippen molar-refractivity contribution in [3.05, 3.63) is 76.4 Å². The maximum atomic E-state index is 13.5. The number of carbonyl (C=O) groups excluding carboxylic acids is 1. The fraction of sp³-hybridized carbons (Fsp3) is 0.320. The third kappa shape index (κ3) is 6.36. The molecular formula is C25H31ClN4O4S. The number of anilines is 1. The van der Waals surface area contributed by atoms with Gasteiger partial charge in [-0.05, 0) is 50.1 Å². The van der Waals surface area contributed by atoms with Gasteiger partial charge in [0.1, 0.15) is 22.5 Å². The van der Waals surface area contributed by atoms with Crippen LogP contribution in [0.15, 0.2) is 59.6 Å². The minimum Gasteiger partial charge on any atom is -0.496 e. The summed E-state index contributed by atoms with van der Waals surface area (Å²) < 4.78 is 36.4. The first-order valence-electron chi connectivity index (χ1n) is 11.1. The van der Waals surface area contributed by atoms with Crippen molar-refractivity contribution in [3.8, 4) is 5.75 Å². The topological polar surface area (TPSA) is 107 Å². The Morgan fingerprint density at radius 2 is 1.94 bits per heavy atom. The summed E-state index contributed by atoms with van der Waals surface area (Å²) in [5, 5.41) is 0.0937. The van der Waals surface area contributed by atoms with Crippen LogP contribution in [0.1, 0.15) is 23.1 Å². The Labute approximate surface area is 211 Å². The molecule has 2 aromatic carbocycles. The first-order chi connectivity index (χ1) is 16.5. The maximum absolute atomic E-state index is 13.5. The molecule has 35 heavy (non-hydrogen) atoms. The molecule has 0 aliphatic carbocycles. The van der Waals surface area contributed by atoms with Crippen molar-refractivity contribution in [2.24, 2.45) is 0 Å². The Bertz CT molecular complexity index is 1290. The number of aromatic nitrogens is 1. The van der Waals surface area contributed by atoms with Crippen LogP contribution < -0.4 is 15.2 Å². The summed E-state index contributed by atoms with van der Waals surface area (Å²) in [6.45, 7) is 4.21. The van der Waals surface area contributed by atoms with Gasteiger partial charge in [0.05, 0.1) is 12.1 Å². The molecule has 0 saturated carbocycles. The van der Waals surface area contributed by atoms with Gasteiger partial charge in [0.15, 0.2) is 0 Å². The molecule has 1 unspecified atom stereocenters. The van der Waals surface area contributed by atoms with E-state index in [1.165, 1.54) is 11.0 Å². The number of rotatable bonds is 10. The average Bonchev–Trinajstić information content (AvgIpc) is 3.20. The van der Waals surface area contributed by atoms with Crippen LogP contribution in [0.4, 0.5) is 5.82 Å². The number of nitrogens with two attached hydrogens (primary N) is 1. The molecule has 1 atom stereocenters. The van der Waals surface area contributed by atoms with Crippen LogP contribution in [0.3, 0.4) is 0 Å². The summed E-state index contributed by atoms with van der Waals surface area (Å²) in [5.41, 5.74) is 8.30. The van der Waals surface area contributed by atoms with Gasteiger partial charge in [0, 0.05) is 31.9 Å². The van der Waals surface area contributed by atoms with Crippen molar-refractivity contribution < 1.29 is 17.9 Å². The second-order valence-corrected chi connectivity index (χ2v) is 10.5. The SMILES string of the molecule is COc1ccc(C)cc1CN(C)C(=O)C(CCn1cccc1N)NS(=O)(=O)c1c(C)cccc1Cl. The van der Waals surface area contributed by atoms with E-state index < -0.39 is 16.1 Å². The predicted molar refractivity (Wildman–Crippen MR) is 138 cm³/mol. The molecule has 8 nitrogen and oxygen atoms in total. The Hall–Kier alpha value is -3.01. The lowest BCUT2D eigenvalue weighted by Crippen LogP contribution is -2.47. The van der Waals surface area contributed by atoms with Crippen molar-refractivity contribution in [1.82, 2.24) is 14.2 Å². The molecule has 3 rings (SSSR count). The van der Waals surface area contributed by atoms with Crippen LogP contribution in [0.5, 0.6) is 5.75 Å². The van der Waals surface area contributed by atoms with Crippen molar-refractivity contribution in [3.63, 3.8) is 0 Å². The molecule has 0 fully saturated rings. The van der Waals surface area contributed by atoms with Gasteiger partial charge in [-0.15, -0.1) is 0 Å². The van der Waals surface area contributed by atoms with Gasteiger partial charge in [0.2, 0.25) is 15.9 Å². The molecular weight excluding hydrogens is 488 g/mol. The number of nitrogen functional groups attached to an aromatic ring is 1. The van der Waals surface area contributed by atoms with Gasteiger partial charge in [-0.2, -0.15) is 4.72 Å². The van der Waals surface area contributed by atoms with Gasteiger partial charge < -0.3 is 19.9 Å². The summed E-state index contributed by atoms with van der Waals surface area (Å²) in [6, 6.07) is 13.0. The molecule has 10 heteroatoms. The highest BCUT2D eigenvalue weighted by Crippen LogP contribution is 2.26. The monoisotopic (exact) mass is 518 g/mol. The van der Waals surface area contributed by atoms with Crippen molar-refractivity contribution in [2.45, 2.75) is 44.3 Å². The van der Waals surface area contributed by atoms with Gasteiger partial charge >= 0.3 is 0 Å². The fourth-order valence-corrected chi connectivity index (χ4v) is 6.02. The number of aryl methyl sites for hydroxylation is 3. The normalized spacial score (nSPS) is 12.4.